The minimum Gasteiger partial charge on any atom is -0.497 e. The van der Waals surface area contributed by atoms with Crippen molar-refractivity contribution in [3.63, 3.8) is 0 Å². The van der Waals surface area contributed by atoms with Crippen LogP contribution in [-0.4, -0.2) is 73.3 Å². The number of ether oxygens (including phenoxy) is 2. The van der Waals surface area contributed by atoms with E-state index in [1.54, 1.807) is 21.3 Å². The first kappa shape index (κ1) is 22.9. The Morgan fingerprint density at radius 1 is 1.16 bits per heavy atom. The van der Waals surface area contributed by atoms with Crippen molar-refractivity contribution in [2.24, 2.45) is 4.99 Å². The summed E-state index contributed by atoms with van der Waals surface area (Å²) >= 11 is 0. The van der Waals surface area contributed by atoms with Gasteiger partial charge in [-0.25, -0.2) is 0 Å². The Balaban J connectivity index is 1.53. The molecule has 1 N–H and O–H groups in total. The first-order valence-corrected chi connectivity index (χ1v) is 10.6. The van der Waals surface area contributed by atoms with Gasteiger partial charge in [-0.2, -0.15) is 4.98 Å². The molecular weight excluding hydrogens is 396 g/mol. The molecule has 0 atom stereocenters. The Hall–Kier alpha value is -2.81. The number of nitrogens with zero attached hydrogens (tertiary/aromatic N) is 5. The number of nitrogens with one attached hydrogen (secondary N) is 1. The number of aromatic nitrogens is 2. The maximum atomic E-state index is 5.52. The second kappa shape index (κ2) is 10.00. The molecule has 2 heterocycles. The SMILES string of the molecule is CN=C(NCc1noc(C(C)(C)C)n1)N1CCN(Cc2cc(OC)ccc2OC)CC1. The third kappa shape index (κ3) is 5.88. The van der Waals surface area contributed by atoms with E-state index in [0.717, 1.165) is 55.7 Å². The van der Waals surface area contributed by atoms with Gasteiger partial charge >= 0.3 is 0 Å². The largest absolute Gasteiger partial charge is 0.497 e. The fourth-order valence-corrected chi connectivity index (χ4v) is 3.48. The maximum absolute atomic E-state index is 5.52. The molecule has 1 aliphatic rings. The van der Waals surface area contributed by atoms with Crippen LogP contribution >= 0.6 is 0 Å². The predicted molar refractivity (Wildman–Crippen MR) is 120 cm³/mol. The van der Waals surface area contributed by atoms with E-state index in [1.807, 2.05) is 18.2 Å². The molecule has 3 rings (SSSR count). The Bertz CT molecular complexity index is 882. The summed E-state index contributed by atoms with van der Waals surface area (Å²) in [7, 11) is 5.18. The van der Waals surface area contributed by atoms with E-state index in [1.165, 1.54) is 0 Å². The van der Waals surface area contributed by atoms with Crippen molar-refractivity contribution in [1.29, 1.82) is 0 Å². The minimum absolute atomic E-state index is 0.158. The summed E-state index contributed by atoms with van der Waals surface area (Å²) in [5.41, 5.74) is 0.971. The van der Waals surface area contributed by atoms with Gasteiger partial charge in [0, 0.05) is 50.7 Å². The number of rotatable bonds is 6. The van der Waals surface area contributed by atoms with Crippen molar-refractivity contribution in [2.75, 3.05) is 47.4 Å². The molecule has 0 aliphatic carbocycles. The molecule has 9 heteroatoms. The van der Waals surface area contributed by atoms with E-state index in [-0.39, 0.29) is 5.41 Å². The highest BCUT2D eigenvalue weighted by atomic mass is 16.5. The number of hydrogen-bond acceptors (Lipinski definition) is 7. The molecule has 9 nitrogen and oxygen atoms in total. The Kier molecular flexibility index (Phi) is 7.37. The van der Waals surface area contributed by atoms with Crippen molar-refractivity contribution < 1.29 is 14.0 Å². The van der Waals surface area contributed by atoms with Gasteiger partial charge < -0.3 is 24.2 Å². The highest BCUT2D eigenvalue weighted by Crippen LogP contribution is 2.25. The van der Waals surface area contributed by atoms with E-state index in [2.05, 4.69) is 51.0 Å². The third-order valence-electron chi connectivity index (χ3n) is 5.28. The summed E-state index contributed by atoms with van der Waals surface area (Å²) in [6.07, 6.45) is 0. The van der Waals surface area contributed by atoms with Gasteiger partial charge in [0.25, 0.3) is 0 Å². The van der Waals surface area contributed by atoms with Gasteiger partial charge in [-0.15, -0.1) is 0 Å². The van der Waals surface area contributed by atoms with Crippen LogP contribution in [0.25, 0.3) is 0 Å². The van der Waals surface area contributed by atoms with Crippen LogP contribution in [0.2, 0.25) is 0 Å². The molecule has 1 aromatic carbocycles. The van der Waals surface area contributed by atoms with Crippen LogP contribution in [0.3, 0.4) is 0 Å². The zero-order chi connectivity index (χ0) is 22.4. The monoisotopic (exact) mass is 430 g/mol. The smallest absolute Gasteiger partial charge is 0.232 e. The number of piperazine rings is 1. The highest BCUT2D eigenvalue weighted by Gasteiger charge is 2.23. The zero-order valence-corrected chi connectivity index (χ0v) is 19.4. The molecule has 2 aromatic rings. The van der Waals surface area contributed by atoms with E-state index >= 15 is 0 Å². The van der Waals surface area contributed by atoms with Crippen LogP contribution in [0.15, 0.2) is 27.7 Å². The minimum atomic E-state index is -0.158. The lowest BCUT2D eigenvalue weighted by molar-refractivity contribution is 0.171. The van der Waals surface area contributed by atoms with Crippen molar-refractivity contribution >= 4 is 5.96 Å². The molecule has 0 unspecified atom stereocenters. The van der Waals surface area contributed by atoms with Gasteiger partial charge in [0.1, 0.15) is 11.5 Å². The van der Waals surface area contributed by atoms with Crippen LogP contribution in [0.5, 0.6) is 11.5 Å². The van der Waals surface area contributed by atoms with E-state index in [4.69, 9.17) is 14.0 Å². The average Bonchev–Trinajstić information content (AvgIpc) is 3.25. The molecule has 1 aliphatic heterocycles. The van der Waals surface area contributed by atoms with Crippen LogP contribution in [-0.2, 0) is 18.5 Å². The van der Waals surface area contributed by atoms with Gasteiger partial charge in [0.15, 0.2) is 11.8 Å². The summed E-state index contributed by atoms with van der Waals surface area (Å²) in [5, 5.41) is 7.42. The second-order valence-electron chi connectivity index (χ2n) is 8.61. The molecule has 0 amide bonds. The Morgan fingerprint density at radius 2 is 1.90 bits per heavy atom. The lowest BCUT2D eigenvalue weighted by Crippen LogP contribution is -2.52. The number of methoxy groups -OCH3 is 2. The third-order valence-corrected chi connectivity index (χ3v) is 5.28. The lowest BCUT2D eigenvalue weighted by atomic mass is 9.97. The summed E-state index contributed by atoms with van der Waals surface area (Å²) in [5.74, 6) is 3.85. The van der Waals surface area contributed by atoms with Crippen molar-refractivity contribution in [1.82, 2.24) is 25.3 Å². The van der Waals surface area contributed by atoms with E-state index in [0.29, 0.717) is 18.3 Å². The van der Waals surface area contributed by atoms with Crippen LogP contribution < -0.4 is 14.8 Å². The van der Waals surface area contributed by atoms with Gasteiger partial charge in [-0.3, -0.25) is 9.89 Å². The van der Waals surface area contributed by atoms with Crippen LogP contribution in [0.4, 0.5) is 0 Å². The van der Waals surface area contributed by atoms with Crippen LogP contribution in [0, 0.1) is 0 Å². The van der Waals surface area contributed by atoms with Crippen LogP contribution in [0.1, 0.15) is 38.0 Å². The topological polar surface area (TPSA) is 88.2 Å². The summed E-state index contributed by atoms with van der Waals surface area (Å²) < 4.78 is 16.3. The lowest BCUT2D eigenvalue weighted by Gasteiger charge is -2.36. The van der Waals surface area contributed by atoms with E-state index in [9.17, 15) is 0 Å². The van der Waals surface area contributed by atoms with Crippen molar-refractivity contribution in [3.8, 4) is 11.5 Å². The number of benzene rings is 1. The number of guanidine groups is 1. The second-order valence-corrected chi connectivity index (χ2v) is 8.61. The number of aliphatic imine (C=N–C) groups is 1. The van der Waals surface area contributed by atoms with Crippen molar-refractivity contribution in [2.45, 2.75) is 39.3 Å². The standard InChI is InChI=1S/C22H34N6O3/c1-22(2,3)20-25-19(26-31-20)14-24-21(23-4)28-11-9-27(10-12-28)15-16-13-17(29-5)7-8-18(16)30-6/h7-8,13H,9-12,14-15H2,1-6H3,(H,23,24). The molecule has 170 valence electrons. The molecule has 0 bridgehead atoms. The summed E-state index contributed by atoms with van der Waals surface area (Å²) in [4.78, 5) is 13.6. The van der Waals surface area contributed by atoms with Gasteiger partial charge in [-0.05, 0) is 18.2 Å². The first-order chi connectivity index (χ1) is 14.8. The quantitative estimate of drug-likeness (QED) is 0.552. The van der Waals surface area contributed by atoms with Crippen molar-refractivity contribution in [3.05, 3.63) is 35.5 Å². The predicted octanol–water partition coefficient (Wildman–Crippen LogP) is 2.28. The highest BCUT2D eigenvalue weighted by molar-refractivity contribution is 5.79. The average molecular weight is 431 g/mol. The molecule has 31 heavy (non-hydrogen) atoms. The molecular formula is C22H34N6O3. The molecule has 0 saturated carbocycles. The molecule has 0 radical (unpaired) electrons. The maximum Gasteiger partial charge on any atom is 0.232 e. The van der Waals surface area contributed by atoms with Gasteiger partial charge in [0.2, 0.25) is 5.89 Å². The van der Waals surface area contributed by atoms with Gasteiger partial charge in [0.05, 0.1) is 20.8 Å². The van der Waals surface area contributed by atoms with Gasteiger partial charge in [-0.1, -0.05) is 25.9 Å². The molecule has 1 aromatic heterocycles. The fraction of sp³-hybridized carbons (Fsp3) is 0.591. The molecule has 0 spiro atoms. The summed E-state index contributed by atoms with van der Waals surface area (Å²) in [6, 6.07) is 5.92. The number of hydrogen-bond donors (Lipinski definition) is 1. The Labute approximate surface area is 184 Å². The zero-order valence-electron chi connectivity index (χ0n) is 19.4. The van der Waals surface area contributed by atoms with E-state index < -0.39 is 0 Å². The summed E-state index contributed by atoms with van der Waals surface area (Å²) in [6.45, 7) is 11.1. The normalized spacial score (nSPS) is 15.8. The molecule has 1 saturated heterocycles. The Morgan fingerprint density at radius 3 is 2.48 bits per heavy atom. The first-order valence-electron chi connectivity index (χ1n) is 10.6. The fourth-order valence-electron chi connectivity index (χ4n) is 3.48. The molecule has 1 fully saturated rings.